The predicted octanol–water partition coefficient (Wildman–Crippen LogP) is 5.59. The van der Waals surface area contributed by atoms with Crippen LogP contribution in [0.4, 0.5) is 5.13 Å². The topological polar surface area (TPSA) is 42.0 Å². The zero-order chi connectivity index (χ0) is 17.4. The van der Waals surface area contributed by atoms with Gasteiger partial charge in [-0.2, -0.15) is 0 Å². The maximum atomic E-state index is 13.3. The van der Waals surface area contributed by atoms with Crippen molar-refractivity contribution in [2.75, 3.05) is 5.32 Å². The Bertz CT molecular complexity index is 875. The molecular weight excluding hydrogens is 396 g/mol. The van der Waals surface area contributed by atoms with Gasteiger partial charge in [0.25, 0.3) is 0 Å². The number of fused-ring (bicyclic) bond motifs is 1. The number of thiazole rings is 1. The number of hydrogen-bond donors (Lipinski definition) is 1. The Morgan fingerprint density at radius 3 is 2.64 bits per heavy atom. The van der Waals surface area contributed by atoms with Gasteiger partial charge in [-0.25, -0.2) is 4.98 Å². The van der Waals surface area contributed by atoms with Gasteiger partial charge in [-0.3, -0.25) is 4.79 Å². The third-order valence-electron chi connectivity index (χ3n) is 6.52. The number of nitrogens with zero attached hydrogens (tertiary/aromatic N) is 1. The number of hydrogen-bond acceptors (Lipinski definition) is 3. The molecule has 6 rings (SSSR count). The smallest absolute Gasteiger partial charge is 0.232 e. The molecule has 0 saturated heterocycles. The van der Waals surface area contributed by atoms with Crippen molar-refractivity contribution in [3.8, 4) is 0 Å². The van der Waals surface area contributed by atoms with Crippen molar-refractivity contribution in [2.45, 2.75) is 56.7 Å². The Balaban J connectivity index is 1.45. The Kier molecular flexibility index (Phi) is 3.44. The number of carbonyl (C=O) groups excluding carboxylic acids is 1. The first-order valence-corrected chi connectivity index (χ1v) is 10.8. The molecule has 1 N–H and O–H groups in total. The van der Waals surface area contributed by atoms with E-state index in [4.69, 9.17) is 4.98 Å². The zero-order valence-electron chi connectivity index (χ0n) is 14.7. The summed E-state index contributed by atoms with van der Waals surface area (Å²) < 4.78 is 1.37. The fourth-order valence-corrected chi connectivity index (χ4v) is 8.56. The van der Waals surface area contributed by atoms with Crippen LogP contribution >= 0.6 is 27.3 Å². The molecule has 4 aliphatic rings. The molecule has 4 aliphatic carbocycles. The Labute approximate surface area is 160 Å². The molecule has 1 amide bonds. The van der Waals surface area contributed by atoms with Crippen molar-refractivity contribution < 1.29 is 4.79 Å². The molecule has 1 aromatic heterocycles. The Morgan fingerprint density at radius 1 is 1.24 bits per heavy atom. The maximum Gasteiger partial charge on any atom is 0.232 e. The number of aryl methyl sites for hydroxylation is 2. The molecular formula is C20H23BrN2OS. The average molecular weight is 419 g/mol. The van der Waals surface area contributed by atoms with Gasteiger partial charge in [0, 0.05) is 4.32 Å². The maximum absolute atomic E-state index is 13.3. The van der Waals surface area contributed by atoms with Crippen LogP contribution in [0.5, 0.6) is 0 Å². The van der Waals surface area contributed by atoms with Crippen LogP contribution in [0.3, 0.4) is 0 Å². The summed E-state index contributed by atoms with van der Waals surface area (Å²) in [7, 11) is 0. The van der Waals surface area contributed by atoms with E-state index < -0.39 is 0 Å². The fourth-order valence-electron chi connectivity index (χ4n) is 6.07. The van der Waals surface area contributed by atoms with Gasteiger partial charge >= 0.3 is 0 Å². The first kappa shape index (κ1) is 16.2. The lowest BCUT2D eigenvalue weighted by atomic mass is 9.49. The predicted molar refractivity (Wildman–Crippen MR) is 106 cm³/mol. The fraction of sp³-hybridized carbons (Fsp3) is 0.600. The monoisotopic (exact) mass is 418 g/mol. The van der Waals surface area contributed by atoms with Gasteiger partial charge in [-0.05, 0) is 81.4 Å². The minimum atomic E-state index is -0.184. The van der Waals surface area contributed by atoms with E-state index >= 15 is 0 Å². The van der Waals surface area contributed by atoms with Crippen molar-refractivity contribution in [1.29, 1.82) is 0 Å². The molecule has 0 aliphatic heterocycles. The first-order chi connectivity index (χ1) is 11.8. The van der Waals surface area contributed by atoms with Gasteiger partial charge < -0.3 is 5.32 Å². The molecule has 4 fully saturated rings. The molecule has 132 valence electrons. The molecule has 4 bridgehead atoms. The largest absolute Gasteiger partial charge is 0.301 e. The summed E-state index contributed by atoms with van der Waals surface area (Å²) in [6, 6.07) is 4.31. The van der Waals surface area contributed by atoms with Crippen LogP contribution in [0.15, 0.2) is 12.1 Å². The van der Waals surface area contributed by atoms with Gasteiger partial charge in [0.2, 0.25) is 5.91 Å². The minimum Gasteiger partial charge on any atom is -0.301 e. The van der Waals surface area contributed by atoms with E-state index in [-0.39, 0.29) is 15.6 Å². The number of alkyl halides is 1. The lowest BCUT2D eigenvalue weighted by molar-refractivity contribution is -0.138. The van der Waals surface area contributed by atoms with E-state index in [2.05, 4.69) is 47.2 Å². The summed E-state index contributed by atoms with van der Waals surface area (Å²) in [5.74, 6) is 1.64. The van der Waals surface area contributed by atoms with E-state index in [1.165, 1.54) is 30.4 Å². The van der Waals surface area contributed by atoms with Crippen molar-refractivity contribution >= 4 is 48.5 Å². The second-order valence-corrected chi connectivity index (χ2v) is 11.5. The van der Waals surface area contributed by atoms with Crippen molar-refractivity contribution in [3.05, 3.63) is 23.3 Å². The number of amides is 1. The summed E-state index contributed by atoms with van der Waals surface area (Å²) in [5.41, 5.74) is 3.26. The number of rotatable bonds is 2. The number of aromatic nitrogens is 1. The second-order valence-electron chi connectivity index (χ2n) is 8.79. The van der Waals surface area contributed by atoms with E-state index in [9.17, 15) is 4.79 Å². The van der Waals surface area contributed by atoms with Crippen molar-refractivity contribution in [2.24, 2.45) is 17.3 Å². The van der Waals surface area contributed by atoms with Crippen LogP contribution in [0.25, 0.3) is 10.2 Å². The number of carbonyl (C=O) groups is 1. The van der Waals surface area contributed by atoms with E-state index in [1.807, 2.05) is 0 Å². The highest BCUT2D eigenvalue weighted by Gasteiger charge is 2.59. The number of nitrogens with one attached hydrogen (secondary N) is 1. The van der Waals surface area contributed by atoms with Crippen LogP contribution in [-0.4, -0.2) is 15.2 Å². The summed E-state index contributed by atoms with van der Waals surface area (Å²) in [5, 5.41) is 3.96. The molecule has 1 aromatic carbocycles. The highest BCUT2D eigenvalue weighted by molar-refractivity contribution is 9.10. The average Bonchev–Trinajstić information content (AvgIpc) is 2.87. The molecule has 4 saturated carbocycles. The lowest BCUT2D eigenvalue weighted by Gasteiger charge is -2.59. The molecule has 5 heteroatoms. The highest BCUT2D eigenvalue weighted by atomic mass is 79.9. The highest BCUT2D eigenvalue weighted by Crippen LogP contribution is 2.64. The zero-order valence-corrected chi connectivity index (χ0v) is 17.1. The summed E-state index contributed by atoms with van der Waals surface area (Å²) >= 11 is 5.60. The normalized spacial score (nSPS) is 36.1. The molecule has 4 atom stereocenters. The van der Waals surface area contributed by atoms with Gasteiger partial charge in [0.05, 0.1) is 15.6 Å². The molecule has 2 aromatic rings. The van der Waals surface area contributed by atoms with E-state index in [1.54, 1.807) is 11.3 Å². The Morgan fingerprint density at radius 2 is 1.96 bits per heavy atom. The third kappa shape index (κ3) is 2.57. The standard InChI is InChI=1S/C20H23BrN2OS/c1-11-3-12(2)16-15(4-11)25-18(22-16)23-17(24)19-6-13-5-14(7-19)9-20(21,8-13)10-19/h3-4,13-14H,5-10H2,1-2H3,(H,22,23,24)/t13-,14+,19?,20?. The summed E-state index contributed by atoms with van der Waals surface area (Å²) in [6.45, 7) is 4.20. The molecule has 2 unspecified atom stereocenters. The lowest BCUT2D eigenvalue weighted by Crippen LogP contribution is -2.57. The van der Waals surface area contributed by atoms with E-state index in [0.29, 0.717) is 11.8 Å². The molecule has 3 nitrogen and oxygen atoms in total. The van der Waals surface area contributed by atoms with Gasteiger partial charge in [-0.1, -0.05) is 33.3 Å². The second kappa shape index (κ2) is 5.29. The van der Waals surface area contributed by atoms with Crippen molar-refractivity contribution in [1.82, 2.24) is 4.98 Å². The van der Waals surface area contributed by atoms with E-state index in [0.717, 1.165) is 34.6 Å². The number of benzene rings is 1. The number of anilines is 1. The molecule has 1 heterocycles. The SMILES string of the molecule is Cc1cc(C)c2nc(NC(=O)C34C[C@@H]5C[C@@H](CC(Br)(C5)C3)C4)sc2c1. The summed E-state index contributed by atoms with van der Waals surface area (Å²) in [6.07, 6.45) is 6.93. The van der Waals surface area contributed by atoms with Gasteiger partial charge in [-0.15, -0.1) is 0 Å². The van der Waals surface area contributed by atoms with Crippen LogP contribution < -0.4 is 5.32 Å². The Hall–Kier alpha value is -0.940. The molecule has 0 radical (unpaired) electrons. The van der Waals surface area contributed by atoms with Crippen LogP contribution in [0.1, 0.15) is 49.7 Å². The van der Waals surface area contributed by atoms with Crippen LogP contribution in [0, 0.1) is 31.1 Å². The van der Waals surface area contributed by atoms with Gasteiger partial charge in [0.15, 0.2) is 5.13 Å². The van der Waals surface area contributed by atoms with Crippen LogP contribution in [0.2, 0.25) is 0 Å². The van der Waals surface area contributed by atoms with Crippen LogP contribution in [-0.2, 0) is 4.79 Å². The molecule has 25 heavy (non-hydrogen) atoms. The summed E-state index contributed by atoms with van der Waals surface area (Å²) in [4.78, 5) is 18.0. The molecule has 0 spiro atoms. The quantitative estimate of drug-likeness (QED) is 0.646. The third-order valence-corrected chi connectivity index (χ3v) is 8.37. The van der Waals surface area contributed by atoms with Crippen molar-refractivity contribution in [3.63, 3.8) is 0 Å². The van der Waals surface area contributed by atoms with Gasteiger partial charge in [0.1, 0.15) is 0 Å². The minimum absolute atomic E-state index is 0.184. The number of halogens is 1. The first-order valence-electron chi connectivity index (χ1n) is 9.22.